The molecule has 6 aromatic rings. The molecule has 0 bridgehead atoms. The standard InChI is InChI=1S/C23H14N2S2/c1-13-24-21-17-7-8-18-16(15(17)9-11-19(21)26-13)10-12-20-22(18)25-23(27-20)14-5-3-2-4-6-14/h2-12H,1H3. The Kier molecular flexibility index (Phi) is 3.16. The quantitative estimate of drug-likeness (QED) is 0.281. The molecule has 0 N–H and O–H groups in total. The predicted molar refractivity (Wildman–Crippen MR) is 118 cm³/mol. The molecule has 0 atom stereocenters. The smallest absolute Gasteiger partial charge is 0.124 e. The number of hydrogen-bond acceptors (Lipinski definition) is 4. The molecule has 4 aromatic carbocycles. The highest BCUT2D eigenvalue weighted by molar-refractivity contribution is 7.21. The fourth-order valence-electron chi connectivity index (χ4n) is 3.82. The van der Waals surface area contributed by atoms with Gasteiger partial charge in [-0.15, -0.1) is 22.7 Å². The minimum absolute atomic E-state index is 1.07. The van der Waals surface area contributed by atoms with E-state index in [4.69, 9.17) is 9.97 Å². The second kappa shape index (κ2) is 5.59. The Morgan fingerprint density at radius 2 is 1.19 bits per heavy atom. The molecular formula is C23H14N2S2. The summed E-state index contributed by atoms with van der Waals surface area (Å²) < 4.78 is 2.48. The number of thiazole rings is 2. The molecule has 0 fully saturated rings. The summed E-state index contributed by atoms with van der Waals surface area (Å²) in [7, 11) is 0. The molecule has 128 valence electrons. The van der Waals surface area contributed by atoms with Crippen LogP contribution in [0.2, 0.25) is 0 Å². The van der Waals surface area contributed by atoms with Crippen LogP contribution in [0.3, 0.4) is 0 Å². The topological polar surface area (TPSA) is 25.8 Å². The molecule has 0 aliphatic carbocycles. The third kappa shape index (κ3) is 2.24. The van der Waals surface area contributed by atoms with Gasteiger partial charge in [0, 0.05) is 16.3 Å². The van der Waals surface area contributed by atoms with Gasteiger partial charge in [-0.2, -0.15) is 0 Å². The van der Waals surface area contributed by atoms with Crippen LogP contribution in [-0.4, -0.2) is 9.97 Å². The van der Waals surface area contributed by atoms with Crippen molar-refractivity contribution >= 4 is 64.7 Å². The first kappa shape index (κ1) is 15.3. The normalized spacial score (nSPS) is 11.9. The monoisotopic (exact) mass is 382 g/mol. The fourth-order valence-corrected chi connectivity index (χ4v) is 5.65. The van der Waals surface area contributed by atoms with E-state index in [1.807, 2.05) is 6.07 Å². The number of nitrogens with zero attached hydrogens (tertiary/aromatic N) is 2. The molecule has 4 heteroatoms. The largest absolute Gasteiger partial charge is 0.241 e. The molecule has 2 nitrogen and oxygen atoms in total. The Bertz CT molecular complexity index is 1480. The van der Waals surface area contributed by atoms with Gasteiger partial charge in [-0.1, -0.05) is 54.6 Å². The summed E-state index contributed by atoms with van der Waals surface area (Å²) in [4.78, 5) is 9.75. The molecule has 27 heavy (non-hydrogen) atoms. The van der Waals surface area contributed by atoms with Crippen LogP contribution >= 0.6 is 22.7 Å². The lowest BCUT2D eigenvalue weighted by Gasteiger charge is -2.05. The maximum absolute atomic E-state index is 4.99. The van der Waals surface area contributed by atoms with Crippen molar-refractivity contribution in [2.75, 3.05) is 0 Å². The first-order valence-corrected chi connectivity index (χ1v) is 10.5. The molecule has 0 aliphatic heterocycles. The van der Waals surface area contributed by atoms with Gasteiger partial charge in [0.1, 0.15) is 5.01 Å². The van der Waals surface area contributed by atoms with Crippen molar-refractivity contribution in [1.82, 2.24) is 9.97 Å². The Morgan fingerprint density at radius 1 is 0.593 bits per heavy atom. The maximum Gasteiger partial charge on any atom is 0.124 e. The highest BCUT2D eigenvalue weighted by Gasteiger charge is 2.13. The molecular weight excluding hydrogens is 368 g/mol. The molecule has 0 amide bonds. The molecule has 2 aromatic heterocycles. The van der Waals surface area contributed by atoms with Gasteiger partial charge >= 0.3 is 0 Å². The van der Waals surface area contributed by atoms with Crippen LogP contribution in [0.4, 0.5) is 0 Å². The SMILES string of the molecule is Cc1nc2c(ccc3c4ccc5sc(-c6ccccc6)nc5c4ccc32)s1. The van der Waals surface area contributed by atoms with Gasteiger partial charge in [0.15, 0.2) is 0 Å². The third-order valence-electron chi connectivity index (χ3n) is 5.03. The van der Waals surface area contributed by atoms with Crippen LogP contribution in [-0.2, 0) is 0 Å². The summed E-state index contributed by atoms with van der Waals surface area (Å²) in [6.45, 7) is 2.07. The van der Waals surface area contributed by atoms with E-state index in [0.29, 0.717) is 0 Å². The predicted octanol–water partition coefficient (Wildman–Crippen LogP) is 7.19. The average molecular weight is 383 g/mol. The number of hydrogen-bond donors (Lipinski definition) is 0. The summed E-state index contributed by atoms with van der Waals surface area (Å²) in [5.41, 5.74) is 3.38. The number of aromatic nitrogens is 2. The Hall–Kier alpha value is -2.82. The Labute approximate surface area is 163 Å². The van der Waals surface area contributed by atoms with E-state index < -0.39 is 0 Å². The van der Waals surface area contributed by atoms with Gasteiger partial charge in [0.05, 0.1) is 25.4 Å². The molecule has 0 spiro atoms. The second-order valence-corrected chi connectivity index (χ2v) is 8.96. The number of fused-ring (bicyclic) bond motifs is 7. The number of rotatable bonds is 1. The van der Waals surface area contributed by atoms with Crippen molar-refractivity contribution < 1.29 is 0 Å². The van der Waals surface area contributed by atoms with E-state index >= 15 is 0 Å². The number of benzene rings is 4. The molecule has 6 rings (SSSR count). The molecule has 0 aliphatic rings. The van der Waals surface area contributed by atoms with E-state index in [0.717, 1.165) is 21.0 Å². The van der Waals surface area contributed by atoms with Gasteiger partial charge in [-0.25, -0.2) is 9.97 Å². The van der Waals surface area contributed by atoms with Gasteiger partial charge in [-0.05, 0) is 29.8 Å². The zero-order chi connectivity index (χ0) is 18.0. The van der Waals surface area contributed by atoms with E-state index in [1.54, 1.807) is 22.7 Å². The zero-order valence-corrected chi connectivity index (χ0v) is 16.2. The highest BCUT2D eigenvalue weighted by atomic mass is 32.1. The molecule has 0 radical (unpaired) electrons. The minimum atomic E-state index is 1.07. The minimum Gasteiger partial charge on any atom is -0.241 e. The summed E-state index contributed by atoms with van der Waals surface area (Å²) in [6.07, 6.45) is 0. The van der Waals surface area contributed by atoms with E-state index in [9.17, 15) is 0 Å². The Morgan fingerprint density at radius 3 is 1.89 bits per heavy atom. The molecule has 0 unspecified atom stereocenters. The first-order valence-electron chi connectivity index (χ1n) is 8.85. The molecule has 2 heterocycles. The zero-order valence-electron chi connectivity index (χ0n) is 14.6. The van der Waals surface area contributed by atoms with Crippen LogP contribution in [0.25, 0.3) is 52.5 Å². The second-order valence-electron chi connectivity index (χ2n) is 6.70. The Balaban J connectivity index is 1.69. The van der Waals surface area contributed by atoms with Gasteiger partial charge in [0.25, 0.3) is 0 Å². The van der Waals surface area contributed by atoms with Crippen LogP contribution in [0.1, 0.15) is 5.01 Å². The van der Waals surface area contributed by atoms with Crippen LogP contribution in [0, 0.1) is 6.92 Å². The van der Waals surface area contributed by atoms with E-state index in [1.165, 1.54) is 36.5 Å². The molecule has 0 saturated heterocycles. The summed E-state index contributed by atoms with van der Waals surface area (Å²) in [6, 6.07) is 23.7. The number of aryl methyl sites for hydroxylation is 1. The van der Waals surface area contributed by atoms with Crippen LogP contribution < -0.4 is 0 Å². The summed E-state index contributed by atoms with van der Waals surface area (Å²) in [5, 5.41) is 7.12. The summed E-state index contributed by atoms with van der Waals surface area (Å²) >= 11 is 3.51. The van der Waals surface area contributed by atoms with Crippen molar-refractivity contribution in [2.45, 2.75) is 6.92 Å². The lowest BCUT2D eigenvalue weighted by Crippen LogP contribution is -1.81. The average Bonchev–Trinajstić information content (AvgIpc) is 3.31. The maximum atomic E-state index is 4.99. The van der Waals surface area contributed by atoms with Crippen molar-refractivity contribution in [3.63, 3.8) is 0 Å². The molecule has 0 saturated carbocycles. The van der Waals surface area contributed by atoms with Gasteiger partial charge < -0.3 is 0 Å². The van der Waals surface area contributed by atoms with Crippen LogP contribution in [0.5, 0.6) is 0 Å². The van der Waals surface area contributed by atoms with Crippen molar-refractivity contribution in [2.24, 2.45) is 0 Å². The van der Waals surface area contributed by atoms with E-state index in [2.05, 4.69) is 67.6 Å². The lowest BCUT2D eigenvalue weighted by atomic mass is 10.0. The highest BCUT2D eigenvalue weighted by Crippen LogP contribution is 2.38. The van der Waals surface area contributed by atoms with Crippen LogP contribution in [0.15, 0.2) is 66.7 Å². The van der Waals surface area contributed by atoms with Crippen molar-refractivity contribution in [1.29, 1.82) is 0 Å². The van der Waals surface area contributed by atoms with Gasteiger partial charge in [0.2, 0.25) is 0 Å². The van der Waals surface area contributed by atoms with Crippen molar-refractivity contribution in [3.05, 3.63) is 71.7 Å². The fraction of sp³-hybridized carbons (Fsp3) is 0.0435. The van der Waals surface area contributed by atoms with Crippen molar-refractivity contribution in [3.8, 4) is 10.6 Å². The summed E-state index contributed by atoms with van der Waals surface area (Å²) in [5.74, 6) is 0. The van der Waals surface area contributed by atoms with E-state index in [-0.39, 0.29) is 0 Å². The lowest BCUT2D eigenvalue weighted by molar-refractivity contribution is 1.35. The first-order chi connectivity index (χ1) is 13.3. The third-order valence-corrected chi connectivity index (χ3v) is 7.04. The van der Waals surface area contributed by atoms with Gasteiger partial charge in [-0.3, -0.25) is 0 Å².